The van der Waals surface area contributed by atoms with E-state index in [0.29, 0.717) is 6.54 Å². The summed E-state index contributed by atoms with van der Waals surface area (Å²) < 4.78 is 12.6. The lowest BCUT2D eigenvalue weighted by molar-refractivity contribution is 0.302. The Morgan fingerprint density at radius 3 is 2.38 bits per heavy atom. The van der Waals surface area contributed by atoms with Crippen molar-refractivity contribution in [2.75, 3.05) is 24.6 Å². The maximum atomic E-state index is 12.6. The predicted octanol–water partition coefficient (Wildman–Crippen LogP) is 1.64. The molecule has 0 aliphatic heterocycles. The molecule has 0 amide bonds. The van der Waals surface area contributed by atoms with Crippen LogP contribution < -0.4 is 4.90 Å². The number of nitrogens with zero attached hydrogens (tertiary/aromatic N) is 1. The van der Waals surface area contributed by atoms with Crippen molar-refractivity contribution in [1.29, 1.82) is 0 Å². The molecule has 0 unspecified atom stereocenters. The Kier molecular flexibility index (Phi) is 3.71. The van der Waals surface area contributed by atoms with Gasteiger partial charge >= 0.3 is 0 Å². The first-order valence-corrected chi connectivity index (χ1v) is 4.39. The van der Waals surface area contributed by atoms with Gasteiger partial charge in [0.15, 0.2) is 0 Å². The minimum atomic E-state index is -0.233. The summed E-state index contributed by atoms with van der Waals surface area (Å²) in [5.74, 6) is -0.233. The Morgan fingerprint density at radius 1 is 1.31 bits per heavy atom. The Labute approximate surface area is 77.6 Å². The standard InChI is InChI=1S/C10H14FNO/c1-2-12(7-8-13)10-5-3-9(11)4-6-10/h3-6,13H,2,7-8H2,1H3. The van der Waals surface area contributed by atoms with Gasteiger partial charge in [0.05, 0.1) is 6.61 Å². The zero-order valence-corrected chi connectivity index (χ0v) is 7.70. The Bertz CT molecular complexity index is 248. The minimum absolute atomic E-state index is 0.116. The van der Waals surface area contributed by atoms with Crippen LogP contribution in [0.1, 0.15) is 6.92 Å². The molecular weight excluding hydrogens is 169 g/mol. The van der Waals surface area contributed by atoms with Crippen LogP contribution in [0.3, 0.4) is 0 Å². The van der Waals surface area contributed by atoms with Gasteiger partial charge in [-0.15, -0.1) is 0 Å². The van der Waals surface area contributed by atoms with Crippen LogP contribution in [-0.2, 0) is 0 Å². The molecule has 13 heavy (non-hydrogen) atoms. The van der Waals surface area contributed by atoms with Crippen molar-refractivity contribution < 1.29 is 9.50 Å². The molecule has 0 fully saturated rings. The number of benzene rings is 1. The van der Waals surface area contributed by atoms with Crippen molar-refractivity contribution in [3.63, 3.8) is 0 Å². The van der Waals surface area contributed by atoms with E-state index in [-0.39, 0.29) is 12.4 Å². The zero-order valence-electron chi connectivity index (χ0n) is 7.70. The Balaban J connectivity index is 2.73. The van der Waals surface area contributed by atoms with Gasteiger partial charge in [-0.3, -0.25) is 0 Å². The van der Waals surface area contributed by atoms with Gasteiger partial charge in [-0.25, -0.2) is 4.39 Å². The molecule has 0 atom stereocenters. The number of halogens is 1. The summed E-state index contributed by atoms with van der Waals surface area (Å²) in [5.41, 5.74) is 0.943. The summed E-state index contributed by atoms with van der Waals surface area (Å²) in [6, 6.07) is 6.29. The van der Waals surface area contributed by atoms with Crippen LogP contribution in [0.25, 0.3) is 0 Å². The van der Waals surface area contributed by atoms with Crippen LogP contribution in [-0.4, -0.2) is 24.8 Å². The van der Waals surface area contributed by atoms with E-state index in [0.717, 1.165) is 12.2 Å². The average Bonchev–Trinajstić information content (AvgIpc) is 2.16. The lowest BCUT2D eigenvalue weighted by Gasteiger charge is -2.21. The quantitative estimate of drug-likeness (QED) is 0.767. The van der Waals surface area contributed by atoms with Crippen molar-refractivity contribution in [2.45, 2.75) is 6.92 Å². The topological polar surface area (TPSA) is 23.5 Å². The van der Waals surface area contributed by atoms with E-state index in [1.54, 1.807) is 12.1 Å². The van der Waals surface area contributed by atoms with Crippen LogP contribution in [0.4, 0.5) is 10.1 Å². The number of aliphatic hydroxyl groups is 1. The van der Waals surface area contributed by atoms with Crippen molar-refractivity contribution >= 4 is 5.69 Å². The molecule has 1 N–H and O–H groups in total. The number of hydrogen-bond acceptors (Lipinski definition) is 2. The van der Waals surface area contributed by atoms with Gasteiger partial charge in [-0.05, 0) is 31.2 Å². The Hall–Kier alpha value is -1.09. The normalized spacial score (nSPS) is 10.1. The van der Waals surface area contributed by atoms with Crippen LogP contribution in [0.2, 0.25) is 0 Å². The first-order chi connectivity index (χ1) is 6.27. The highest BCUT2D eigenvalue weighted by Crippen LogP contribution is 2.13. The molecule has 0 aliphatic rings. The van der Waals surface area contributed by atoms with E-state index < -0.39 is 0 Å². The van der Waals surface area contributed by atoms with Gasteiger partial charge in [-0.2, -0.15) is 0 Å². The third-order valence-corrected chi connectivity index (χ3v) is 1.94. The molecule has 0 saturated carbocycles. The fourth-order valence-electron chi connectivity index (χ4n) is 1.24. The number of anilines is 1. The molecule has 0 bridgehead atoms. The van der Waals surface area contributed by atoms with E-state index in [1.807, 2.05) is 11.8 Å². The second-order valence-corrected chi connectivity index (χ2v) is 2.78. The fourth-order valence-corrected chi connectivity index (χ4v) is 1.24. The highest BCUT2D eigenvalue weighted by atomic mass is 19.1. The van der Waals surface area contributed by atoms with E-state index in [4.69, 9.17) is 5.11 Å². The molecule has 0 radical (unpaired) electrons. The SMILES string of the molecule is CCN(CCO)c1ccc(F)cc1. The molecule has 0 aliphatic carbocycles. The molecule has 3 heteroatoms. The lowest BCUT2D eigenvalue weighted by Crippen LogP contribution is -2.25. The third-order valence-electron chi connectivity index (χ3n) is 1.94. The fraction of sp³-hybridized carbons (Fsp3) is 0.400. The zero-order chi connectivity index (χ0) is 9.68. The number of rotatable bonds is 4. The maximum absolute atomic E-state index is 12.6. The van der Waals surface area contributed by atoms with Gasteiger partial charge in [0, 0.05) is 18.8 Å². The monoisotopic (exact) mass is 183 g/mol. The summed E-state index contributed by atoms with van der Waals surface area (Å²) in [4.78, 5) is 1.99. The number of likely N-dealkylation sites (N-methyl/N-ethyl adjacent to an activating group) is 1. The highest BCUT2D eigenvalue weighted by molar-refractivity contribution is 5.45. The molecule has 72 valence electrons. The van der Waals surface area contributed by atoms with Gasteiger partial charge in [-0.1, -0.05) is 0 Å². The highest BCUT2D eigenvalue weighted by Gasteiger charge is 2.02. The molecule has 1 rings (SSSR count). The Morgan fingerprint density at radius 2 is 1.92 bits per heavy atom. The van der Waals surface area contributed by atoms with Gasteiger partial charge < -0.3 is 10.0 Å². The largest absolute Gasteiger partial charge is 0.395 e. The first-order valence-electron chi connectivity index (χ1n) is 4.39. The number of aliphatic hydroxyl groups excluding tert-OH is 1. The summed E-state index contributed by atoms with van der Waals surface area (Å²) in [6.07, 6.45) is 0. The summed E-state index contributed by atoms with van der Waals surface area (Å²) in [7, 11) is 0. The van der Waals surface area contributed by atoms with Crippen molar-refractivity contribution in [2.24, 2.45) is 0 Å². The number of hydrogen-bond donors (Lipinski definition) is 1. The third kappa shape index (κ3) is 2.70. The lowest BCUT2D eigenvalue weighted by atomic mass is 10.3. The van der Waals surface area contributed by atoms with Gasteiger partial charge in [0.2, 0.25) is 0 Å². The second-order valence-electron chi connectivity index (χ2n) is 2.78. The van der Waals surface area contributed by atoms with E-state index in [1.165, 1.54) is 12.1 Å². The first kappa shape index (κ1) is 9.99. The van der Waals surface area contributed by atoms with Crippen molar-refractivity contribution in [3.05, 3.63) is 30.1 Å². The summed E-state index contributed by atoms with van der Waals surface area (Å²) >= 11 is 0. The predicted molar refractivity (Wildman–Crippen MR) is 51.4 cm³/mol. The van der Waals surface area contributed by atoms with Gasteiger partial charge in [0.1, 0.15) is 5.82 Å². The molecule has 1 aromatic carbocycles. The van der Waals surface area contributed by atoms with Crippen LogP contribution in [0.5, 0.6) is 0 Å². The molecule has 0 spiro atoms. The molecule has 0 aromatic heterocycles. The molecule has 0 saturated heterocycles. The molecule has 0 heterocycles. The minimum Gasteiger partial charge on any atom is -0.395 e. The van der Waals surface area contributed by atoms with Crippen molar-refractivity contribution in [1.82, 2.24) is 0 Å². The van der Waals surface area contributed by atoms with Crippen LogP contribution >= 0.6 is 0 Å². The summed E-state index contributed by atoms with van der Waals surface area (Å²) in [5, 5.41) is 8.77. The maximum Gasteiger partial charge on any atom is 0.123 e. The average molecular weight is 183 g/mol. The van der Waals surface area contributed by atoms with E-state index in [2.05, 4.69) is 0 Å². The molecular formula is C10H14FNO. The molecule has 1 aromatic rings. The van der Waals surface area contributed by atoms with E-state index in [9.17, 15) is 4.39 Å². The second kappa shape index (κ2) is 4.82. The summed E-state index contributed by atoms with van der Waals surface area (Å²) in [6.45, 7) is 3.51. The smallest absolute Gasteiger partial charge is 0.123 e. The molecule has 2 nitrogen and oxygen atoms in total. The van der Waals surface area contributed by atoms with Gasteiger partial charge in [0.25, 0.3) is 0 Å². The van der Waals surface area contributed by atoms with Crippen molar-refractivity contribution in [3.8, 4) is 0 Å². The van der Waals surface area contributed by atoms with E-state index >= 15 is 0 Å². The van der Waals surface area contributed by atoms with Crippen LogP contribution in [0, 0.1) is 5.82 Å². The van der Waals surface area contributed by atoms with Crippen LogP contribution in [0.15, 0.2) is 24.3 Å².